The normalized spacial score (nSPS) is 12.6. The Morgan fingerprint density at radius 1 is 1.30 bits per heavy atom. The molecule has 2 aromatic rings. The number of hydrogen-bond donors (Lipinski definition) is 1. The molecule has 4 nitrogen and oxygen atoms in total. The summed E-state index contributed by atoms with van der Waals surface area (Å²) < 4.78 is 44.0. The van der Waals surface area contributed by atoms with E-state index in [0.29, 0.717) is 0 Å². The lowest BCUT2D eigenvalue weighted by atomic mass is 10.1. The number of nitrogen functional groups attached to an aromatic ring is 1. The van der Waals surface area contributed by atoms with Gasteiger partial charge in [-0.2, -0.15) is 18.2 Å². The Bertz CT molecular complexity index is 572. The summed E-state index contributed by atoms with van der Waals surface area (Å²) in [5.41, 5.74) is 5.17. The van der Waals surface area contributed by atoms with Crippen LogP contribution in [0.1, 0.15) is 11.7 Å². The molecule has 0 fully saturated rings. The standard InChI is InChI=1S/C12H7ClF3N3O/c13-8-6-9(19-11(17)18-8)20-10(12(14,15)16)7-4-2-1-3-5-7/h2,4-6,10H,(H2,17,18,19). The van der Waals surface area contributed by atoms with Gasteiger partial charge in [-0.25, -0.2) is 4.98 Å². The van der Waals surface area contributed by atoms with E-state index in [9.17, 15) is 13.2 Å². The van der Waals surface area contributed by atoms with E-state index in [1.807, 2.05) is 0 Å². The summed E-state index contributed by atoms with van der Waals surface area (Å²) in [7, 11) is 0. The topological polar surface area (TPSA) is 61.0 Å². The van der Waals surface area contributed by atoms with Gasteiger partial charge >= 0.3 is 6.18 Å². The summed E-state index contributed by atoms with van der Waals surface area (Å²) in [4.78, 5) is 7.09. The van der Waals surface area contributed by atoms with Gasteiger partial charge < -0.3 is 10.5 Å². The molecule has 8 heteroatoms. The summed E-state index contributed by atoms with van der Waals surface area (Å²) in [5.74, 6) is -0.640. The van der Waals surface area contributed by atoms with Crippen LogP contribution < -0.4 is 10.5 Å². The first-order chi connectivity index (χ1) is 9.36. The van der Waals surface area contributed by atoms with Gasteiger partial charge in [0.1, 0.15) is 5.15 Å². The Balaban J connectivity index is 2.34. The van der Waals surface area contributed by atoms with Crippen molar-refractivity contribution in [3.8, 4) is 5.88 Å². The van der Waals surface area contributed by atoms with E-state index in [2.05, 4.69) is 22.1 Å². The highest BCUT2D eigenvalue weighted by Crippen LogP contribution is 2.36. The van der Waals surface area contributed by atoms with Gasteiger partial charge in [0.2, 0.25) is 17.9 Å². The minimum absolute atomic E-state index is 0.110. The van der Waals surface area contributed by atoms with E-state index in [0.717, 1.165) is 12.1 Å². The third kappa shape index (κ3) is 3.42. The van der Waals surface area contributed by atoms with E-state index in [1.165, 1.54) is 12.1 Å². The van der Waals surface area contributed by atoms with Crippen molar-refractivity contribution in [3.63, 3.8) is 0 Å². The predicted molar refractivity (Wildman–Crippen MR) is 65.0 cm³/mol. The van der Waals surface area contributed by atoms with Crippen LogP contribution in [-0.4, -0.2) is 16.1 Å². The number of nitrogens with two attached hydrogens (primary N) is 1. The Hall–Kier alpha value is -2.20. The molecule has 0 bridgehead atoms. The van der Waals surface area contributed by atoms with Crippen molar-refractivity contribution in [2.45, 2.75) is 12.3 Å². The molecule has 1 aromatic heterocycles. The van der Waals surface area contributed by atoms with Crippen LogP contribution in [0.3, 0.4) is 0 Å². The lowest BCUT2D eigenvalue weighted by Gasteiger charge is -2.21. The number of halogens is 4. The van der Waals surface area contributed by atoms with Crippen molar-refractivity contribution in [1.82, 2.24) is 9.97 Å². The molecule has 2 N–H and O–H groups in total. The van der Waals surface area contributed by atoms with E-state index in [4.69, 9.17) is 22.1 Å². The summed E-state index contributed by atoms with van der Waals surface area (Å²) in [6.07, 6.45) is -6.85. The van der Waals surface area contributed by atoms with Crippen molar-refractivity contribution >= 4 is 17.5 Å². The number of aromatic nitrogens is 2. The molecule has 20 heavy (non-hydrogen) atoms. The van der Waals surface area contributed by atoms with Gasteiger partial charge in [-0.1, -0.05) is 23.7 Å². The van der Waals surface area contributed by atoms with Gasteiger partial charge in [0.15, 0.2) is 0 Å². The lowest BCUT2D eigenvalue weighted by molar-refractivity contribution is -0.198. The molecule has 1 atom stereocenters. The predicted octanol–water partition coefficient (Wildman–Crippen LogP) is 2.99. The fourth-order valence-corrected chi connectivity index (χ4v) is 1.62. The number of hydrogen-bond acceptors (Lipinski definition) is 4. The van der Waals surface area contributed by atoms with Crippen molar-refractivity contribution in [1.29, 1.82) is 0 Å². The Kier molecular flexibility index (Phi) is 3.86. The number of ether oxygens (including phenoxy) is 1. The summed E-state index contributed by atoms with van der Waals surface area (Å²) in [6, 6.07) is 9.65. The van der Waals surface area contributed by atoms with Gasteiger partial charge in [-0.3, -0.25) is 0 Å². The smallest absolute Gasteiger partial charge is 0.429 e. The fourth-order valence-electron chi connectivity index (χ4n) is 1.44. The second-order valence-electron chi connectivity index (χ2n) is 3.69. The highest BCUT2D eigenvalue weighted by Gasteiger charge is 2.43. The van der Waals surface area contributed by atoms with Crippen molar-refractivity contribution in [3.05, 3.63) is 47.1 Å². The molecule has 104 valence electrons. The molecule has 0 amide bonds. The van der Waals surface area contributed by atoms with Gasteiger partial charge in [-0.05, 0) is 18.2 Å². The molecule has 0 radical (unpaired) electrons. The third-order valence-electron chi connectivity index (χ3n) is 2.21. The second-order valence-corrected chi connectivity index (χ2v) is 4.08. The summed E-state index contributed by atoms with van der Waals surface area (Å²) in [5, 5.41) is -0.110. The zero-order valence-electron chi connectivity index (χ0n) is 9.78. The molecule has 1 unspecified atom stereocenters. The van der Waals surface area contributed by atoms with Crippen LogP contribution in [0, 0.1) is 12.1 Å². The molecule has 0 spiro atoms. The quantitative estimate of drug-likeness (QED) is 0.885. The number of anilines is 1. The van der Waals surface area contributed by atoms with Crippen LogP contribution in [0.25, 0.3) is 0 Å². The minimum atomic E-state index is -4.64. The second kappa shape index (κ2) is 5.43. The van der Waals surface area contributed by atoms with Crippen LogP contribution in [0.4, 0.5) is 19.1 Å². The average molecular weight is 302 g/mol. The van der Waals surface area contributed by atoms with Crippen molar-refractivity contribution < 1.29 is 17.9 Å². The molecule has 0 aliphatic carbocycles. The molecule has 0 aliphatic heterocycles. The zero-order chi connectivity index (χ0) is 14.8. The first-order valence-electron chi connectivity index (χ1n) is 5.27. The maximum absolute atomic E-state index is 13.0. The first kappa shape index (κ1) is 14.2. The van der Waals surface area contributed by atoms with Crippen LogP contribution >= 0.6 is 11.6 Å². The van der Waals surface area contributed by atoms with E-state index >= 15 is 0 Å². The van der Waals surface area contributed by atoms with Crippen LogP contribution in [0.5, 0.6) is 5.88 Å². The molecule has 1 aromatic carbocycles. The Morgan fingerprint density at radius 2 is 2.05 bits per heavy atom. The molecule has 1 heterocycles. The van der Waals surface area contributed by atoms with Gasteiger partial charge in [0.05, 0.1) is 0 Å². The van der Waals surface area contributed by atoms with Crippen LogP contribution in [0.2, 0.25) is 5.15 Å². The summed E-state index contributed by atoms with van der Waals surface area (Å²) in [6.45, 7) is 0. The van der Waals surface area contributed by atoms with Crippen LogP contribution in [-0.2, 0) is 0 Å². The molecule has 0 aliphatic rings. The zero-order valence-corrected chi connectivity index (χ0v) is 10.5. The average Bonchev–Trinajstić information content (AvgIpc) is 2.34. The minimum Gasteiger partial charge on any atom is -0.460 e. The number of alkyl halides is 3. The molecular weight excluding hydrogens is 295 g/mol. The van der Waals surface area contributed by atoms with Gasteiger partial charge in [0, 0.05) is 11.6 Å². The van der Waals surface area contributed by atoms with Crippen molar-refractivity contribution in [2.75, 3.05) is 5.73 Å². The Labute approximate surface area is 117 Å². The highest BCUT2D eigenvalue weighted by atomic mass is 35.5. The molecule has 0 saturated heterocycles. The van der Waals surface area contributed by atoms with Crippen LogP contribution in [0.15, 0.2) is 24.3 Å². The maximum Gasteiger partial charge on any atom is 0.429 e. The van der Waals surface area contributed by atoms with E-state index < -0.39 is 12.3 Å². The van der Waals surface area contributed by atoms with E-state index in [1.54, 1.807) is 0 Å². The third-order valence-corrected chi connectivity index (χ3v) is 2.40. The number of nitrogens with zero attached hydrogens (tertiary/aromatic N) is 2. The monoisotopic (exact) mass is 301 g/mol. The fraction of sp³-hybridized carbons (Fsp3) is 0.167. The van der Waals surface area contributed by atoms with Gasteiger partial charge in [-0.15, -0.1) is 0 Å². The largest absolute Gasteiger partial charge is 0.460 e. The SMILES string of the molecule is Nc1nc(Cl)cc(OC(c2cc#ccc2)C(F)(F)F)n1. The van der Waals surface area contributed by atoms with Gasteiger partial charge in [0.25, 0.3) is 0 Å². The number of rotatable bonds is 3. The maximum atomic E-state index is 13.0. The van der Waals surface area contributed by atoms with Crippen molar-refractivity contribution in [2.24, 2.45) is 0 Å². The first-order valence-corrected chi connectivity index (χ1v) is 5.65. The molecular formula is C12H7ClF3N3O. The Morgan fingerprint density at radius 3 is 2.60 bits per heavy atom. The summed E-state index contributed by atoms with van der Waals surface area (Å²) >= 11 is 5.59. The van der Waals surface area contributed by atoms with E-state index in [-0.39, 0.29) is 22.5 Å². The molecule has 0 saturated carbocycles. The molecule has 2 rings (SSSR count). The highest BCUT2D eigenvalue weighted by molar-refractivity contribution is 6.29. The lowest BCUT2D eigenvalue weighted by Crippen LogP contribution is -2.26.